The average molecular weight is 399 g/mol. The molecule has 0 heterocycles. The summed E-state index contributed by atoms with van der Waals surface area (Å²) in [7, 11) is 0. The van der Waals surface area contributed by atoms with E-state index in [0.717, 1.165) is 15.2 Å². The van der Waals surface area contributed by atoms with Gasteiger partial charge in [0.05, 0.1) is 0 Å². The molecule has 3 aromatic carbocycles. The fourth-order valence-electron chi connectivity index (χ4n) is 2.37. The number of ketones is 1. The van der Waals surface area contributed by atoms with Gasteiger partial charge in [-0.15, -0.1) is 0 Å². The predicted octanol–water partition coefficient (Wildman–Crippen LogP) is 4.79. The van der Waals surface area contributed by atoms with Crippen LogP contribution in [0.25, 0.3) is 10.8 Å². The van der Waals surface area contributed by atoms with Crippen molar-refractivity contribution in [1.82, 2.24) is 0 Å². The summed E-state index contributed by atoms with van der Waals surface area (Å²) >= 11 is 3.42. The lowest BCUT2D eigenvalue weighted by molar-refractivity contribution is -0.136. The highest BCUT2D eigenvalue weighted by atomic mass is 79.9. The van der Waals surface area contributed by atoms with E-state index in [4.69, 9.17) is 9.47 Å². The van der Waals surface area contributed by atoms with Crippen LogP contribution in [0.3, 0.4) is 0 Å². The van der Waals surface area contributed by atoms with Crippen LogP contribution in [0.1, 0.15) is 17.3 Å². The van der Waals surface area contributed by atoms with E-state index in [1.807, 2.05) is 24.3 Å². The van der Waals surface area contributed by atoms with Gasteiger partial charge in [0.1, 0.15) is 11.5 Å². The minimum absolute atomic E-state index is 0.0594. The molecule has 0 saturated heterocycles. The Labute approximate surface area is 153 Å². The van der Waals surface area contributed by atoms with Gasteiger partial charge in [0.2, 0.25) is 0 Å². The molecule has 0 saturated carbocycles. The molecule has 0 aliphatic heterocycles. The van der Waals surface area contributed by atoms with Gasteiger partial charge in [-0.3, -0.25) is 4.79 Å². The van der Waals surface area contributed by atoms with Crippen molar-refractivity contribution in [1.29, 1.82) is 0 Å². The van der Waals surface area contributed by atoms with Gasteiger partial charge in [0.25, 0.3) is 0 Å². The van der Waals surface area contributed by atoms with Gasteiger partial charge in [0, 0.05) is 10.0 Å². The van der Waals surface area contributed by atoms with Crippen LogP contribution < -0.4 is 9.47 Å². The molecule has 0 radical (unpaired) electrons. The average Bonchev–Trinajstić information content (AvgIpc) is 2.60. The van der Waals surface area contributed by atoms with E-state index in [2.05, 4.69) is 15.9 Å². The minimum atomic E-state index is -0.510. The lowest BCUT2D eigenvalue weighted by Crippen LogP contribution is -2.17. The summed E-state index contributed by atoms with van der Waals surface area (Å²) < 4.78 is 11.7. The summed E-state index contributed by atoms with van der Waals surface area (Å²) in [6, 6.07) is 18.0. The Kier molecular flexibility index (Phi) is 5.14. The molecular weight excluding hydrogens is 384 g/mol. The number of fused-ring (bicyclic) bond motifs is 1. The fourth-order valence-corrected chi connectivity index (χ4v) is 2.74. The summed E-state index contributed by atoms with van der Waals surface area (Å²) in [5, 5.41) is 2.02. The van der Waals surface area contributed by atoms with E-state index in [0.29, 0.717) is 17.1 Å². The van der Waals surface area contributed by atoms with Crippen LogP contribution in [0, 0.1) is 0 Å². The van der Waals surface area contributed by atoms with Crippen molar-refractivity contribution in [2.45, 2.75) is 6.92 Å². The first-order valence-corrected chi connectivity index (χ1v) is 8.44. The van der Waals surface area contributed by atoms with E-state index in [-0.39, 0.29) is 12.4 Å². The first-order valence-electron chi connectivity index (χ1n) is 7.65. The molecule has 0 aliphatic rings. The third-order valence-electron chi connectivity index (χ3n) is 3.60. The Morgan fingerprint density at radius 3 is 2.48 bits per heavy atom. The van der Waals surface area contributed by atoms with Gasteiger partial charge >= 0.3 is 5.97 Å². The molecule has 0 spiro atoms. The maximum atomic E-state index is 12.0. The van der Waals surface area contributed by atoms with Crippen LogP contribution in [0.4, 0.5) is 0 Å². The maximum absolute atomic E-state index is 12.0. The molecule has 4 nitrogen and oxygen atoms in total. The molecule has 0 aromatic heterocycles. The number of rotatable bonds is 5. The number of Topliss-reactive ketones (excluding diaryl/α,β-unsaturated/α-hetero) is 1. The molecule has 0 N–H and O–H groups in total. The second kappa shape index (κ2) is 7.49. The lowest BCUT2D eigenvalue weighted by Gasteiger charge is -2.08. The van der Waals surface area contributed by atoms with Crippen molar-refractivity contribution in [3.63, 3.8) is 0 Å². The third kappa shape index (κ3) is 4.45. The molecule has 0 amide bonds. The summed E-state index contributed by atoms with van der Waals surface area (Å²) in [5.74, 6) is 0.342. The minimum Gasteiger partial charge on any atom is -0.482 e. The monoisotopic (exact) mass is 398 g/mol. The highest BCUT2D eigenvalue weighted by Crippen LogP contribution is 2.24. The van der Waals surface area contributed by atoms with E-state index in [1.165, 1.54) is 6.92 Å². The molecule has 3 rings (SSSR count). The third-order valence-corrected chi connectivity index (χ3v) is 4.10. The van der Waals surface area contributed by atoms with Gasteiger partial charge < -0.3 is 9.47 Å². The Bertz CT molecular complexity index is 949. The Morgan fingerprint density at radius 1 is 0.920 bits per heavy atom. The van der Waals surface area contributed by atoms with Crippen molar-refractivity contribution in [3.8, 4) is 11.5 Å². The van der Waals surface area contributed by atoms with Crippen molar-refractivity contribution in [3.05, 3.63) is 70.7 Å². The largest absolute Gasteiger partial charge is 0.482 e. The summed E-state index contributed by atoms with van der Waals surface area (Å²) in [5.41, 5.74) is 0.534. The van der Waals surface area contributed by atoms with Crippen molar-refractivity contribution < 1.29 is 19.1 Å². The summed E-state index contributed by atoms with van der Waals surface area (Å²) in [4.78, 5) is 23.3. The summed E-state index contributed by atoms with van der Waals surface area (Å²) in [6.07, 6.45) is 0. The van der Waals surface area contributed by atoms with Gasteiger partial charge in [-0.2, -0.15) is 0 Å². The van der Waals surface area contributed by atoms with Crippen LogP contribution in [0.2, 0.25) is 0 Å². The van der Waals surface area contributed by atoms with Gasteiger partial charge in [-0.25, -0.2) is 4.79 Å². The highest BCUT2D eigenvalue weighted by Gasteiger charge is 2.08. The second-order valence-corrected chi connectivity index (χ2v) is 6.42. The lowest BCUT2D eigenvalue weighted by atomic mass is 10.1. The number of hydrogen-bond donors (Lipinski definition) is 0. The Hall–Kier alpha value is -2.66. The zero-order valence-corrected chi connectivity index (χ0v) is 15.1. The van der Waals surface area contributed by atoms with Crippen molar-refractivity contribution in [2.24, 2.45) is 0 Å². The van der Waals surface area contributed by atoms with E-state index >= 15 is 0 Å². The van der Waals surface area contributed by atoms with Gasteiger partial charge in [0.15, 0.2) is 12.4 Å². The first kappa shape index (κ1) is 17.2. The molecular formula is C20H15BrO4. The number of ether oxygens (including phenoxy) is 2. The fraction of sp³-hybridized carbons (Fsp3) is 0.100. The Morgan fingerprint density at radius 2 is 1.68 bits per heavy atom. The molecule has 25 heavy (non-hydrogen) atoms. The number of esters is 1. The smallest absolute Gasteiger partial charge is 0.349 e. The first-order chi connectivity index (χ1) is 12.0. The van der Waals surface area contributed by atoms with Crippen LogP contribution >= 0.6 is 15.9 Å². The van der Waals surface area contributed by atoms with Crippen LogP contribution in [0.5, 0.6) is 11.5 Å². The molecule has 126 valence electrons. The van der Waals surface area contributed by atoms with Crippen molar-refractivity contribution in [2.75, 3.05) is 6.61 Å². The van der Waals surface area contributed by atoms with E-state index < -0.39 is 5.97 Å². The van der Waals surface area contributed by atoms with Crippen LogP contribution in [-0.2, 0) is 4.79 Å². The zero-order chi connectivity index (χ0) is 17.8. The molecule has 5 heteroatoms. The second-order valence-electron chi connectivity index (χ2n) is 5.50. The number of carbonyl (C=O) groups excluding carboxylic acids is 2. The normalized spacial score (nSPS) is 10.5. The topological polar surface area (TPSA) is 52.6 Å². The molecule has 0 bridgehead atoms. The molecule has 0 unspecified atom stereocenters. The number of carbonyl (C=O) groups is 2. The van der Waals surface area contributed by atoms with Gasteiger partial charge in [-0.1, -0.05) is 40.2 Å². The summed E-state index contributed by atoms with van der Waals surface area (Å²) in [6.45, 7) is 1.24. The van der Waals surface area contributed by atoms with Crippen molar-refractivity contribution >= 4 is 38.5 Å². The molecule has 0 fully saturated rings. The van der Waals surface area contributed by atoms with Crippen LogP contribution in [0.15, 0.2) is 65.1 Å². The molecule has 3 aromatic rings. The van der Waals surface area contributed by atoms with Crippen LogP contribution in [-0.4, -0.2) is 18.4 Å². The van der Waals surface area contributed by atoms with E-state index in [9.17, 15) is 9.59 Å². The standard InChI is InChI=1S/C20H15BrO4/c1-13(22)14-3-2-4-18(10-14)24-12-20(23)25-19-8-6-15-9-17(21)7-5-16(15)11-19/h2-11H,12H2,1H3. The molecule has 0 aliphatic carbocycles. The van der Waals surface area contributed by atoms with E-state index in [1.54, 1.807) is 36.4 Å². The highest BCUT2D eigenvalue weighted by molar-refractivity contribution is 9.10. The number of halogens is 1. The number of benzene rings is 3. The SMILES string of the molecule is CC(=O)c1cccc(OCC(=O)Oc2ccc3cc(Br)ccc3c2)c1. The zero-order valence-electron chi connectivity index (χ0n) is 13.5. The molecule has 0 atom stereocenters. The predicted molar refractivity (Wildman–Crippen MR) is 99.2 cm³/mol. The number of hydrogen-bond acceptors (Lipinski definition) is 4. The maximum Gasteiger partial charge on any atom is 0.349 e. The Balaban J connectivity index is 1.63. The quantitative estimate of drug-likeness (QED) is 0.352. The van der Waals surface area contributed by atoms with Gasteiger partial charge in [-0.05, 0) is 54.1 Å².